The van der Waals surface area contributed by atoms with Crippen molar-refractivity contribution in [2.75, 3.05) is 31.1 Å². The van der Waals surface area contributed by atoms with Gasteiger partial charge in [0.25, 0.3) is 0 Å². The van der Waals surface area contributed by atoms with E-state index in [2.05, 4.69) is 60.6 Å². The van der Waals surface area contributed by atoms with Crippen molar-refractivity contribution in [2.24, 2.45) is 0 Å². The summed E-state index contributed by atoms with van der Waals surface area (Å²) < 4.78 is 8.28. The molecule has 5 heterocycles. The van der Waals surface area contributed by atoms with Gasteiger partial charge in [0, 0.05) is 37.6 Å². The van der Waals surface area contributed by atoms with E-state index in [0.29, 0.717) is 49.7 Å². The summed E-state index contributed by atoms with van der Waals surface area (Å²) in [7, 11) is 0. The lowest BCUT2D eigenvalue weighted by molar-refractivity contribution is -0.126. The van der Waals surface area contributed by atoms with Gasteiger partial charge in [0.1, 0.15) is 11.6 Å². The van der Waals surface area contributed by atoms with Gasteiger partial charge in [0.2, 0.25) is 5.91 Å². The number of benzene rings is 2. The van der Waals surface area contributed by atoms with Crippen LogP contribution in [0, 0.1) is 13.8 Å². The average Bonchev–Trinajstić information content (AvgIpc) is 3.48. The molecule has 1 saturated heterocycles. The van der Waals surface area contributed by atoms with Gasteiger partial charge in [0.05, 0.1) is 46.6 Å². The van der Waals surface area contributed by atoms with Gasteiger partial charge in [-0.15, -0.1) is 0 Å². The van der Waals surface area contributed by atoms with Crippen molar-refractivity contribution in [1.29, 1.82) is 0 Å². The topological polar surface area (TPSA) is 109 Å². The van der Waals surface area contributed by atoms with Crippen LogP contribution in [0.2, 0.25) is 0 Å². The second-order valence-electron chi connectivity index (χ2n) is 12.0. The smallest absolute Gasteiger partial charge is 0.354 e. The van der Waals surface area contributed by atoms with Crippen molar-refractivity contribution in [3.63, 3.8) is 0 Å². The fourth-order valence-electron chi connectivity index (χ4n) is 6.79. The lowest BCUT2D eigenvalue weighted by atomic mass is 9.95. The number of hydrogen-bond donors (Lipinski definition) is 1. The van der Waals surface area contributed by atoms with E-state index >= 15 is 0 Å². The number of nitrogens with zero attached hydrogens (tertiary/aromatic N) is 6. The van der Waals surface area contributed by atoms with Gasteiger partial charge in [-0.05, 0) is 72.4 Å². The fourth-order valence-corrected chi connectivity index (χ4v) is 6.79. The minimum atomic E-state index is -0.379. The van der Waals surface area contributed by atoms with Crippen LogP contribution in [0.4, 0.5) is 5.82 Å². The number of fused-ring (bicyclic) bond motifs is 3. The Labute approximate surface area is 255 Å². The number of nitrogens with one attached hydrogen (secondary N) is 1. The molecule has 2 aliphatic rings. The molecule has 7 rings (SSSR count). The molecule has 1 unspecified atom stereocenters. The third-order valence-electron chi connectivity index (χ3n) is 8.93. The Morgan fingerprint density at radius 3 is 2.80 bits per heavy atom. The number of hydrogen-bond acceptors (Lipinski definition) is 7. The maximum absolute atomic E-state index is 14.3. The van der Waals surface area contributed by atoms with Crippen molar-refractivity contribution >= 4 is 33.5 Å². The summed E-state index contributed by atoms with van der Waals surface area (Å²) in [5.41, 5.74) is 6.80. The SMILES string of the molecule is C=CC(=O)N1CCN2c3nc(=O)n(-c4c(C)ccnc4C(C)C)c4cc(-c5c(C)ccc6[nH]ncc56)cc(c34)OCCC2C1. The molecule has 0 spiro atoms. The highest BCUT2D eigenvalue weighted by molar-refractivity contribution is 6.03. The third-order valence-corrected chi connectivity index (χ3v) is 8.93. The van der Waals surface area contributed by atoms with E-state index in [9.17, 15) is 9.59 Å². The van der Waals surface area contributed by atoms with E-state index in [4.69, 9.17) is 14.7 Å². The summed E-state index contributed by atoms with van der Waals surface area (Å²) in [6.07, 6.45) is 5.66. The molecule has 3 aromatic heterocycles. The predicted octanol–water partition coefficient (Wildman–Crippen LogP) is 5.05. The molecular formula is C34H35N7O3. The molecule has 0 saturated carbocycles. The highest BCUT2D eigenvalue weighted by Gasteiger charge is 2.34. The minimum Gasteiger partial charge on any atom is -0.493 e. The minimum absolute atomic E-state index is 0.0558. The first kappa shape index (κ1) is 27.8. The number of piperazine rings is 1. The number of carbonyl (C=O) groups excluding carboxylic acids is 1. The molecule has 44 heavy (non-hydrogen) atoms. The van der Waals surface area contributed by atoms with Crippen LogP contribution in [0.1, 0.15) is 43.0 Å². The second kappa shape index (κ2) is 10.6. The molecule has 2 aromatic carbocycles. The first-order valence-electron chi connectivity index (χ1n) is 15.1. The zero-order valence-corrected chi connectivity index (χ0v) is 25.4. The first-order valence-corrected chi connectivity index (χ1v) is 15.1. The zero-order valence-electron chi connectivity index (χ0n) is 25.4. The number of aromatic nitrogens is 5. The monoisotopic (exact) mass is 589 g/mol. The number of rotatable bonds is 4. The quantitative estimate of drug-likeness (QED) is 0.292. The molecule has 1 N–H and O–H groups in total. The molecule has 1 atom stereocenters. The average molecular weight is 590 g/mol. The molecule has 224 valence electrons. The van der Waals surface area contributed by atoms with E-state index in [1.165, 1.54) is 6.08 Å². The van der Waals surface area contributed by atoms with E-state index in [1.54, 1.807) is 15.7 Å². The number of anilines is 1. The highest BCUT2D eigenvalue weighted by Crippen LogP contribution is 2.42. The van der Waals surface area contributed by atoms with Gasteiger partial charge in [-0.1, -0.05) is 26.5 Å². The summed E-state index contributed by atoms with van der Waals surface area (Å²) in [4.78, 5) is 40.3. The van der Waals surface area contributed by atoms with Gasteiger partial charge in [-0.2, -0.15) is 10.1 Å². The standard InChI is InChI=1S/C34H35N7O3/c1-6-28(42)39-12-13-40-23(18-39)10-14-44-27-16-22(29-20(4)7-8-25-24(29)17-36-38-25)15-26-30(27)33(40)37-34(43)41(26)32-21(5)9-11-35-31(32)19(2)3/h6-9,11,15-17,19,23H,1,10,12-14,18H2,2-5H3,(H,36,38). The van der Waals surface area contributed by atoms with Gasteiger partial charge in [0.15, 0.2) is 0 Å². The van der Waals surface area contributed by atoms with Gasteiger partial charge < -0.3 is 14.5 Å². The van der Waals surface area contributed by atoms with Crippen molar-refractivity contribution in [1.82, 2.24) is 29.6 Å². The number of pyridine rings is 1. The van der Waals surface area contributed by atoms with Gasteiger partial charge in [-0.25, -0.2) is 4.79 Å². The Kier molecular flexibility index (Phi) is 6.72. The van der Waals surface area contributed by atoms with Crippen molar-refractivity contribution in [2.45, 2.75) is 46.1 Å². The molecule has 0 aliphatic carbocycles. The Balaban J connectivity index is 1.56. The number of amides is 1. The lowest BCUT2D eigenvalue weighted by Gasteiger charge is -2.43. The van der Waals surface area contributed by atoms with Crippen LogP contribution in [-0.2, 0) is 4.79 Å². The summed E-state index contributed by atoms with van der Waals surface area (Å²) in [5, 5.41) is 9.16. The van der Waals surface area contributed by atoms with Crippen LogP contribution in [0.3, 0.4) is 0 Å². The largest absolute Gasteiger partial charge is 0.493 e. The maximum atomic E-state index is 14.3. The van der Waals surface area contributed by atoms with Crippen LogP contribution in [0.15, 0.2) is 60.2 Å². The molecule has 2 aliphatic heterocycles. The van der Waals surface area contributed by atoms with Crippen molar-refractivity contribution in [3.05, 3.63) is 82.7 Å². The van der Waals surface area contributed by atoms with Gasteiger partial charge >= 0.3 is 5.69 Å². The van der Waals surface area contributed by atoms with E-state index < -0.39 is 0 Å². The number of aryl methyl sites for hydroxylation is 2. The Hall–Kier alpha value is -4.99. The van der Waals surface area contributed by atoms with Crippen LogP contribution in [-0.4, -0.2) is 67.8 Å². The van der Waals surface area contributed by atoms with Crippen molar-refractivity contribution < 1.29 is 9.53 Å². The Morgan fingerprint density at radius 2 is 2.00 bits per heavy atom. The van der Waals surface area contributed by atoms with E-state index in [1.807, 2.05) is 25.3 Å². The maximum Gasteiger partial charge on any atom is 0.354 e. The fraction of sp³-hybridized carbons (Fsp3) is 0.324. The summed E-state index contributed by atoms with van der Waals surface area (Å²) in [6, 6.07) is 10.1. The van der Waals surface area contributed by atoms with Crippen LogP contribution in [0.25, 0.3) is 38.6 Å². The molecule has 5 aromatic rings. The van der Waals surface area contributed by atoms with Crippen LogP contribution < -0.4 is 15.3 Å². The summed E-state index contributed by atoms with van der Waals surface area (Å²) in [5.74, 6) is 1.24. The Morgan fingerprint density at radius 1 is 1.16 bits per heavy atom. The highest BCUT2D eigenvalue weighted by atomic mass is 16.5. The van der Waals surface area contributed by atoms with Crippen molar-refractivity contribution in [3.8, 4) is 22.6 Å². The summed E-state index contributed by atoms with van der Waals surface area (Å²) >= 11 is 0. The van der Waals surface area contributed by atoms with E-state index in [-0.39, 0.29) is 23.6 Å². The second-order valence-corrected chi connectivity index (χ2v) is 12.0. The molecule has 10 heteroatoms. The normalized spacial score (nSPS) is 16.5. The third kappa shape index (κ3) is 4.35. The number of aromatic amines is 1. The first-order chi connectivity index (χ1) is 21.3. The van der Waals surface area contributed by atoms with Crippen LogP contribution >= 0.6 is 0 Å². The Bertz CT molecular complexity index is 2030. The molecular weight excluding hydrogens is 554 g/mol. The molecule has 0 radical (unpaired) electrons. The number of H-pyrrole nitrogens is 1. The summed E-state index contributed by atoms with van der Waals surface area (Å²) in [6.45, 7) is 13.9. The van der Waals surface area contributed by atoms with Crippen LogP contribution in [0.5, 0.6) is 5.75 Å². The molecule has 1 amide bonds. The van der Waals surface area contributed by atoms with E-state index in [0.717, 1.165) is 49.9 Å². The molecule has 10 nitrogen and oxygen atoms in total. The zero-order chi connectivity index (χ0) is 30.7. The molecule has 1 fully saturated rings. The number of carbonyl (C=O) groups is 1. The van der Waals surface area contributed by atoms with Gasteiger partial charge in [-0.3, -0.25) is 19.4 Å². The molecule has 0 bridgehead atoms. The predicted molar refractivity (Wildman–Crippen MR) is 172 cm³/mol. The lowest BCUT2D eigenvalue weighted by Crippen LogP contribution is -2.56. The number of ether oxygens (including phenoxy) is 1.